The Morgan fingerprint density at radius 3 is 3.08 bits per heavy atom. The third-order valence-corrected chi connectivity index (χ3v) is 1.98. The molecule has 0 unspecified atom stereocenters. The predicted octanol–water partition coefficient (Wildman–Crippen LogP) is 1.21. The Morgan fingerprint density at radius 1 is 1.58 bits per heavy atom. The van der Waals surface area contributed by atoms with Gasteiger partial charge < -0.3 is 5.73 Å². The Balaban J connectivity index is 2.83. The molecule has 0 saturated heterocycles. The molecule has 0 fully saturated rings. The number of halogens is 2. The number of rotatable bonds is 0. The average molecular weight is 231 g/mol. The maximum atomic E-state index is 12.9. The minimum Gasteiger partial charge on any atom is -0.366 e. The third-order valence-electron chi connectivity index (χ3n) is 1.39. The lowest BCUT2D eigenvalue weighted by Crippen LogP contribution is -1.90. The van der Waals surface area contributed by atoms with Crippen molar-refractivity contribution in [2.45, 2.75) is 0 Å². The van der Waals surface area contributed by atoms with Crippen LogP contribution >= 0.6 is 15.9 Å². The Hall–Kier alpha value is -1.17. The molecular weight excluding hydrogens is 227 g/mol. The highest BCUT2D eigenvalue weighted by Gasteiger charge is 2.04. The van der Waals surface area contributed by atoms with Gasteiger partial charge in [0, 0.05) is 12.3 Å². The van der Waals surface area contributed by atoms with Crippen LogP contribution in [0, 0.1) is 5.82 Å². The number of hydrogen-bond acceptors (Lipinski definition) is 3. The van der Waals surface area contributed by atoms with Crippen LogP contribution in [0.2, 0.25) is 0 Å². The van der Waals surface area contributed by atoms with Gasteiger partial charge in [-0.15, -0.1) is 5.10 Å². The van der Waals surface area contributed by atoms with Crippen molar-refractivity contribution in [2.75, 3.05) is 5.73 Å². The van der Waals surface area contributed by atoms with Crippen molar-refractivity contribution in [3.63, 3.8) is 0 Å². The number of nitrogens with two attached hydrogens (primary N) is 1. The molecule has 0 aliphatic rings. The van der Waals surface area contributed by atoms with Gasteiger partial charge in [-0.25, -0.2) is 8.91 Å². The summed E-state index contributed by atoms with van der Waals surface area (Å²) >= 11 is 3.02. The van der Waals surface area contributed by atoms with Gasteiger partial charge in [-0.05, 0) is 15.9 Å². The minimum absolute atomic E-state index is 0.132. The quantitative estimate of drug-likeness (QED) is 0.741. The summed E-state index contributed by atoms with van der Waals surface area (Å²) in [6.07, 6.45) is 1.47. The third kappa shape index (κ3) is 1.04. The number of anilines is 1. The van der Waals surface area contributed by atoms with E-state index in [1.54, 1.807) is 0 Å². The van der Waals surface area contributed by atoms with Crippen LogP contribution in [0.1, 0.15) is 0 Å². The Labute approximate surface area is 75.3 Å². The predicted molar refractivity (Wildman–Crippen MR) is 45.1 cm³/mol. The SMILES string of the molecule is Nc1nc2cc(F)c(Br)cn2n1. The standard InChI is InChI=1S/C6H4BrFN4/c7-3-2-12-5(1-4(3)8)10-6(9)11-12/h1-2H,(H2,9,11). The second-order valence-electron chi connectivity index (χ2n) is 2.24. The molecule has 0 aromatic carbocycles. The van der Waals surface area contributed by atoms with Crippen molar-refractivity contribution in [1.29, 1.82) is 0 Å². The second kappa shape index (κ2) is 2.41. The highest BCUT2D eigenvalue weighted by atomic mass is 79.9. The van der Waals surface area contributed by atoms with Crippen LogP contribution in [0.25, 0.3) is 5.65 Å². The molecule has 0 aliphatic heterocycles. The van der Waals surface area contributed by atoms with Crippen LogP contribution < -0.4 is 5.73 Å². The fourth-order valence-electron chi connectivity index (χ4n) is 0.897. The van der Waals surface area contributed by atoms with E-state index in [0.717, 1.165) is 0 Å². The summed E-state index contributed by atoms with van der Waals surface area (Å²) in [4.78, 5) is 3.78. The first-order chi connectivity index (χ1) is 5.66. The highest BCUT2D eigenvalue weighted by molar-refractivity contribution is 9.10. The van der Waals surface area contributed by atoms with E-state index in [-0.39, 0.29) is 11.8 Å². The summed E-state index contributed by atoms with van der Waals surface area (Å²) in [7, 11) is 0. The van der Waals surface area contributed by atoms with Crippen LogP contribution in [0.3, 0.4) is 0 Å². The van der Waals surface area contributed by atoms with Crippen molar-refractivity contribution in [3.05, 3.63) is 22.6 Å². The van der Waals surface area contributed by atoms with Crippen LogP contribution in [0.15, 0.2) is 16.7 Å². The maximum Gasteiger partial charge on any atom is 0.240 e. The van der Waals surface area contributed by atoms with E-state index >= 15 is 0 Å². The molecule has 2 aromatic rings. The van der Waals surface area contributed by atoms with E-state index in [1.807, 2.05) is 0 Å². The van der Waals surface area contributed by atoms with E-state index in [1.165, 1.54) is 16.8 Å². The van der Waals surface area contributed by atoms with Crippen LogP contribution in [0.5, 0.6) is 0 Å². The van der Waals surface area contributed by atoms with E-state index in [2.05, 4.69) is 26.0 Å². The van der Waals surface area contributed by atoms with Crippen molar-refractivity contribution in [2.24, 2.45) is 0 Å². The van der Waals surface area contributed by atoms with E-state index in [0.29, 0.717) is 10.1 Å². The first-order valence-corrected chi connectivity index (χ1v) is 3.93. The largest absolute Gasteiger partial charge is 0.366 e. The van der Waals surface area contributed by atoms with Crippen molar-refractivity contribution in [3.8, 4) is 0 Å². The van der Waals surface area contributed by atoms with Gasteiger partial charge in [0.2, 0.25) is 5.95 Å². The monoisotopic (exact) mass is 230 g/mol. The maximum absolute atomic E-state index is 12.9. The zero-order valence-electron chi connectivity index (χ0n) is 5.83. The van der Waals surface area contributed by atoms with Crippen LogP contribution in [-0.4, -0.2) is 14.6 Å². The molecule has 2 N–H and O–H groups in total. The molecule has 62 valence electrons. The summed E-state index contributed by atoms with van der Waals surface area (Å²) in [5, 5.41) is 3.80. The van der Waals surface area contributed by atoms with E-state index < -0.39 is 0 Å². The molecule has 0 bridgehead atoms. The second-order valence-corrected chi connectivity index (χ2v) is 3.10. The Morgan fingerprint density at radius 2 is 2.33 bits per heavy atom. The molecule has 2 heterocycles. The van der Waals surface area contributed by atoms with E-state index in [4.69, 9.17) is 5.73 Å². The first kappa shape index (κ1) is 7.48. The van der Waals surface area contributed by atoms with Crippen LogP contribution in [-0.2, 0) is 0 Å². The zero-order chi connectivity index (χ0) is 8.72. The van der Waals surface area contributed by atoms with Crippen molar-refractivity contribution >= 4 is 27.5 Å². The van der Waals surface area contributed by atoms with Gasteiger partial charge >= 0.3 is 0 Å². The smallest absolute Gasteiger partial charge is 0.240 e. The lowest BCUT2D eigenvalue weighted by atomic mass is 10.5. The highest BCUT2D eigenvalue weighted by Crippen LogP contribution is 2.16. The summed E-state index contributed by atoms with van der Waals surface area (Å²) in [5.41, 5.74) is 5.71. The number of nitrogen functional groups attached to an aromatic ring is 1. The van der Waals surface area contributed by atoms with Crippen molar-refractivity contribution in [1.82, 2.24) is 14.6 Å². The van der Waals surface area contributed by atoms with Gasteiger partial charge in [-0.2, -0.15) is 4.98 Å². The molecule has 0 atom stereocenters. The summed E-state index contributed by atoms with van der Waals surface area (Å²) in [6, 6.07) is 1.26. The first-order valence-electron chi connectivity index (χ1n) is 3.14. The van der Waals surface area contributed by atoms with Gasteiger partial charge in [0.25, 0.3) is 0 Å². The molecule has 4 nitrogen and oxygen atoms in total. The summed E-state index contributed by atoms with van der Waals surface area (Å²) < 4.78 is 14.6. The minimum atomic E-state index is -0.380. The number of hydrogen-bond donors (Lipinski definition) is 1. The number of pyridine rings is 1. The zero-order valence-corrected chi connectivity index (χ0v) is 7.42. The number of nitrogens with zero attached hydrogens (tertiary/aromatic N) is 3. The molecule has 2 rings (SSSR count). The van der Waals surface area contributed by atoms with Gasteiger partial charge in [-0.1, -0.05) is 0 Å². The summed E-state index contributed by atoms with van der Waals surface area (Å²) in [5.74, 6) is -0.248. The number of fused-ring (bicyclic) bond motifs is 1. The van der Waals surface area contributed by atoms with Gasteiger partial charge in [-0.3, -0.25) is 0 Å². The number of aromatic nitrogens is 3. The van der Waals surface area contributed by atoms with Crippen molar-refractivity contribution < 1.29 is 4.39 Å². The topological polar surface area (TPSA) is 56.2 Å². The molecule has 0 radical (unpaired) electrons. The van der Waals surface area contributed by atoms with E-state index in [9.17, 15) is 4.39 Å². The molecule has 0 aliphatic carbocycles. The molecular formula is C6H4BrFN4. The Bertz CT molecular complexity index is 399. The summed E-state index contributed by atoms with van der Waals surface area (Å²) in [6.45, 7) is 0. The van der Waals surface area contributed by atoms with Gasteiger partial charge in [0.15, 0.2) is 5.65 Å². The fourth-order valence-corrected chi connectivity index (χ4v) is 1.21. The lowest BCUT2D eigenvalue weighted by molar-refractivity contribution is 0.618. The average Bonchev–Trinajstić information content (AvgIpc) is 2.30. The molecule has 0 saturated carbocycles. The molecule has 0 amide bonds. The van der Waals surface area contributed by atoms with Gasteiger partial charge in [0.1, 0.15) is 5.82 Å². The molecule has 2 aromatic heterocycles. The fraction of sp³-hybridized carbons (Fsp3) is 0. The van der Waals surface area contributed by atoms with Crippen LogP contribution in [0.4, 0.5) is 10.3 Å². The van der Waals surface area contributed by atoms with Gasteiger partial charge in [0.05, 0.1) is 4.47 Å². The molecule has 12 heavy (non-hydrogen) atoms. The Kier molecular flexibility index (Phi) is 1.50. The molecule has 0 spiro atoms. The molecule has 6 heteroatoms. The lowest BCUT2D eigenvalue weighted by Gasteiger charge is -1.93. The normalized spacial score (nSPS) is 10.8.